The number of piperidine rings is 1. The van der Waals surface area contributed by atoms with Crippen LogP contribution in [0.4, 0.5) is 4.79 Å². The molecule has 2 atom stereocenters. The van der Waals surface area contributed by atoms with E-state index in [0.717, 1.165) is 11.1 Å². The zero-order valence-corrected chi connectivity index (χ0v) is 16.2. The molecule has 2 fully saturated rings. The fourth-order valence-corrected chi connectivity index (χ4v) is 3.67. The summed E-state index contributed by atoms with van der Waals surface area (Å²) in [6.45, 7) is 2.54. The Kier molecular flexibility index (Phi) is 5.57. The van der Waals surface area contributed by atoms with Crippen LogP contribution in [0.25, 0.3) is 0 Å². The first-order valence-corrected chi connectivity index (χ1v) is 9.71. The van der Waals surface area contributed by atoms with Crippen LogP contribution in [0.5, 0.6) is 0 Å². The second-order valence-electron chi connectivity index (χ2n) is 7.22. The largest absolute Gasteiger partial charge is 0.357 e. The molecule has 0 aromatic heterocycles. The van der Waals surface area contributed by atoms with Crippen molar-refractivity contribution < 1.29 is 19.3 Å². The average molecular weight is 393 g/mol. The molecule has 2 heterocycles. The summed E-state index contributed by atoms with van der Waals surface area (Å²) in [6.07, 6.45) is 1.21. The molecule has 7 heteroatoms. The van der Waals surface area contributed by atoms with Crippen molar-refractivity contribution in [3.8, 4) is 0 Å². The normalized spacial score (nSPS) is 21.4. The standard InChI is InChI=1S/C22H23N3O4/c1-16(18-10-6-3-7-11-18)23-29-21(26)20-13-12-19-14-24(20)22(27)25(19)28-15-17-8-4-2-5-9-17/h2-11,19-20H,12-15H2,1H3/b23-16-/t19-,20+/m1/s1. The Bertz CT molecular complexity index is 901. The van der Waals surface area contributed by atoms with E-state index in [-0.39, 0.29) is 12.1 Å². The number of urea groups is 1. The Morgan fingerprint density at radius 3 is 2.48 bits per heavy atom. The highest BCUT2D eigenvalue weighted by Gasteiger charge is 2.48. The number of fused-ring (bicyclic) bond motifs is 2. The molecule has 2 aliphatic rings. The molecule has 4 rings (SSSR count). The van der Waals surface area contributed by atoms with Crippen molar-refractivity contribution in [3.05, 3.63) is 71.8 Å². The second kappa shape index (κ2) is 8.45. The van der Waals surface area contributed by atoms with Gasteiger partial charge in [-0.3, -0.25) is 4.84 Å². The number of rotatable bonds is 6. The minimum absolute atomic E-state index is 0.0511. The molecule has 150 valence electrons. The Balaban J connectivity index is 1.37. The smallest absolute Gasteiger partial charge is 0.316 e. The van der Waals surface area contributed by atoms with Gasteiger partial charge in [-0.05, 0) is 30.9 Å². The van der Waals surface area contributed by atoms with Crippen LogP contribution in [0.2, 0.25) is 0 Å². The van der Waals surface area contributed by atoms with E-state index >= 15 is 0 Å². The first kappa shape index (κ1) is 19.1. The molecule has 0 N–H and O–H groups in total. The third-order valence-electron chi connectivity index (χ3n) is 5.27. The van der Waals surface area contributed by atoms with Crippen LogP contribution in [-0.2, 0) is 21.1 Å². The molecule has 2 saturated heterocycles. The number of hydrogen-bond donors (Lipinski definition) is 0. The number of oxime groups is 1. The van der Waals surface area contributed by atoms with E-state index in [1.807, 2.05) is 60.7 Å². The molecule has 2 aliphatic heterocycles. The number of benzene rings is 2. The molecule has 2 bridgehead atoms. The molecule has 29 heavy (non-hydrogen) atoms. The number of amides is 2. The summed E-state index contributed by atoms with van der Waals surface area (Å²) in [4.78, 5) is 37.8. The van der Waals surface area contributed by atoms with Gasteiger partial charge >= 0.3 is 12.0 Å². The maximum Gasteiger partial charge on any atom is 0.357 e. The van der Waals surface area contributed by atoms with Gasteiger partial charge < -0.3 is 9.74 Å². The number of hydrogen-bond acceptors (Lipinski definition) is 5. The summed E-state index contributed by atoms with van der Waals surface area (Å²) in [6, 6.07) is 18.2. The zero-order valence-electron chi connectivity index (χ0n) is 16.2. The van der Waals surface area contributed by atoms with E-state index < -0.39 is 12.0 Å². The third-order valence-corrected chi connectivity index (χ3v) is 5.27. The summed E-state index contributed by atoms with van der Waals surface area (Å²) in [5.41, 5.74) is 2.47. The highest BCUT2D eigenvalue weighted by molar-refractivity contribution is 5.98. The van der Waals surface area contributed by atoms with Gasteiger partial charge in [0.1, 0.15) is 12.6 Å². The van der Waals surface area contributed by atoms with Gasteiger partial charge in [0.05, 0.1) is 11.8 Å². The summed E-state index contributed by atoms with van der Waals surface area (Å²) in [7, 11) is 0. The van der Waals surface area contributed by atoms with Gasteiger partial charge in [-0.15, -0.1) is 0 Å². The number of carbonyl (C=O) groups excluding carboxylic acids is 2. The topological polar surface area (TPSA) is 71.4 Å². The molecular formula is C22H23N3O4. The number of nitrogens with zero attached hydrogens (tertiary/aromatic N) is 3. The fraction of sp³-hybridized carbons (Fsp3) is 0.318. The molecule has 2 amide bonds. The minimum Gasteiger partial charge on any atom is -0.316 e. The Labute approximate surface area is 169 Å². The quantitative estimate of drug-likeness (QED) is 0.429. The lowest BCUT2D eigenvalue weighted by Gasteiger charge is -2.27. The molecule has 0 unspecified atom stereocenters. The van der Waals surface area contributed by atoms with E-state index in [1.54, 1.807) is 6.92 Å². The van der Waals surface area contributed by atoms with Crippen LogP contribution in [0.1, 0.15) is 30.9 Å². The van der Waals surface area contributed by atoms with Crippen LogP contribution in [0.3, 0.4) is 0 Å². The third kappa shape index (κ3) is 4.14. The van der Waals surface area contributed by atoms with E-state index in [1.165, 1.54) is 9.96 Å². The van der Waals surface area contributed by atoms with Gasteiger partial charge in [0.25, 0.3) is 0 Å². The second-order valence-corrected chi connectivity index (χ2v) is 7.22. The predicted molar refractivity (Wildman–Crippen MR) is 107 cm³/mol. The molecule has 0 saturated carbocycles. The van der Waals surface area contributed by atoms with Gasteiger partial charge in [-0.25, -0.2) is 9.59 Å². The highest BCUT2D eigenvalue weighted by atomic mass is 16.7. The lowest BCUT2D eigenvalue weighted by molar-refractivity contribution is -0.149. The Hall–Kier alpha value is -3.19. The maximum atomic E-state index is 12.8. The van der Waals surface area contributed by atoms with Crippen LogP contribution >= 0.6 is 0 Å². The van der Waals surface area contributed by atoms with Crippen molar-refractivity contribution in [3.63, 3.8) is 0 Å². The minimum atomic E-state index is -0.642. The molecule has 7 nitrogen and oxygen atoms in total. The predicted octanol–water partition coefficient (Wildman–Crippen LogP) is 3.35. The number of carbonyl (C=O) groups is 2. The first-order valence-electron chi connectivity index (χ1n) is 9.71. The first-order chi connectivity index (χ1) is 14.1. The van der Waals surface area contributed by atoms with Crippen LogP contribution in [0, 0.1) is 0 Å². The van der Waals surface area contributed by atoms with E-state index in [2.05, 4.69) is 5.16 Å². The van der Waals surface area contributed by atoms with Crippen molar-refractivity contribution >= 4 is 17.7 Å². The summed E-state index contributed by atoms with van der Waals surface area (Å²) in [5, 5.41) is 5.36. The monoisotopic (exact) mass is 393 g/mol. The van der Waals surface area contributed by atoms with Gasteiger partial charge in [0.15, 0.2) is 0 Å². The molecule has 0 radical (unpaired) electrons. The summed E-state index contributed by atoms with van der Waals surface area (Å²) < 4.78 is 0. The zero-order chi connectivity index (χ0) is 20.2. The lowest BCUT2D eigenvalue weighted by atomic mass is 10.0. The number of hydroxylamine groups is 2. The fourth-order valence-electron chi connectivity index (χ4n) is 3.67. The summed E-state index contributed by atoms with van der Waals surface area (Å²) >= 11 is 0. The van der Waals surface area contributed by atoms with Crippen LogP contribution in [0.15, 0.2) is 65.8 Å². The van der Waals surface area contributed by atoms with Crippen molar-refractivity contribution in [2.75, 3.05) is 6.54 Å². The van der Waals surface area contributed by atoms with Crippen molar-refractivity contribution in [2.24, 2.45) is 5.16 Å². The maximum absolute atomic E-state index is 12.8. The van der Waals surface area contributed by atoms with Crippen molar-refractivity contribution in [1.29, 1.82) is 0 Å². The highest BCUT2D eigenvalue weighted by Crippen LogP contribution is 2.31. The molecule has 0 spiro atoms. The molecule has 0 aliphatic carbocycles. The van der Waals surface area contributed by atoms with Gasteiger partial charge in [-0.2, -0.15) is 5.06 Å². The molecule has 2 aromatic rings. The average Bonchev–Trinajstić information content (AvgIpc) is 3.01. The molecule has 2 aromatic carbocycles. The van der Waals surface area contributed by atoms with Crippen LogP contribution in [-0.4, -0.2) is 46.3 Å². The van der Waals surface area contributed by atoms with E-state index in [4.69, 9.17) is 9.68 Å². The van der Waals surface area contributed by atoms with Crippen molar-refractivity contribution in [2.45, 2.75) is 38.5 Å². The molecular weight excluding hydrogens is 370 g/mol. The summed E-state index contributed by atoms with van der Waals surface area (Å²) in [5.74, 6) is -0.517. The van der Waals surface area contributed by atoms with Gasteiger partial charge in [0.2, 0.25) is 0 Å². The van der Waals surface area contributed by atoms with E-state index in [0.29, 0.717) is 31.7 Å². The lowest BCUT2D eigenvalue weighted by Crippen LogP contribution is -2.45. The SMILES string of the molecule is C/C(=N/OC(=O)[C@@H]1CC[C@@H]2CN1C(=O)N2OCc1ccccc1)c1ccccc1. The Morgan fingerprint density at radius 1 is 1.07 bits per heavy atom. The van der Waals surface area contributed by atoms with Crippen LogP contribution < -0.4 is 0 Å². The van der Waals surface area contributed by atoms with Gasteiger partial charge in [0, 0.05) is 6.54 Å². The van der Waals surface area contributed by atoms with Crippen molar-refractivity contribution in [1.82, 2.24) is 9.96 Å². The van der Waals surface area contributed by atoms with Gasteiger partial charge in [-0.1, -0.05) is 65.8 Å². The van der Waals surface area contributed by atoms with E-state index in [9.17, 15) is 9.59 Å². The Morgan fingerprint density at radius 2 is 1.76 bits per heavy atom.